The van der Waals surface area contributed by atoms with E-state index in [2.05, 4.69) is 5.32 Å². The fraction of sp³-hybridized carbons (Fsp3) is 0.571. The van der Waals surface area contributed by atoms with Crippen molar-refractivity contribution < 1.29 is 23.0 Å². The van der Waals surface area contributed by atoms with Crippen LogP contribution in [0.25, 0.3) is 0 Å². The lowest BCUT2D eigenvalue weighted by molar-refractivity contribution is -0.00117. The highest BCUT2D eigenvalue weighted by Gasteiger charge is 2.17. The number of hydrogen-bond donors (Lipinski definition) is 2. The van der Waals surface area contributed by atoms with Gasteiger partial charge in [-0.25, -0.2) is 13.2 Å². The van der Waals surface area contributed by atoms with Gasteiger partial charge in [0.25, 0.3) is 0 Å². The van der Waals surface area contributed by atoms with Crippen molar-refractivity contribution in [1.29, 1.82) is 0 Å². The Labute approximate surface area is 115 Å². The van der Waals surface area contributed by atoms with Gasteiger partial charge in [-0.1, -0.05) is 12.8 Å². The van der Waals surface area contributed by atoms with Crippen LogP contribution in [0.15, 0.2) is 12.1 Å². The molecule has 1 aromatic carbocycles. The molecular weight excluding hydrogens is 271 g/mol. The molecule has 1 unspecified atom stereocenters. The van der Waals surface area contributed by atoms with E-state index in [0.717, 1.165) is 37.8 Å². The van der Waals surface area contributed by atoms with Gasteiger partial charge in [0.15, 0.2) is 17.5 Å². The van der Waals surface area contributed by atoms with Crippen molar-refractivity contribution in [2.24, 2.45) is 0 Å². The third kappa shape index (κ3) is 4.11. The van der Waals surface area contributed by atoms with Gasteiger partial charge in [-0.2, -0.15) is 0 Å². The minimum atomic E-state index is -1.50. The summed E-state index contributed by atoms with van der Waals surface area (Å²) in [6, 6.07) is 1.70. The van der Waals surface area contributed by atoms with Gasteiger partial charge in [0, 0.05) is 24.4 Å². The predicted molar refractivity (Wildman–Crippen MR) is 69.0 cm³/mol. The topological polar surface area (TPSA) is 41.5 Å². The van der Waals surface area contributed by atoms with Crippen LogP contribution >= 0.6 is 0 Å². The van der Waals surface area contributed by atoms with Crippen LogP contribution in [0.1, 0.15) is 25.7 Å². The second-order valence-corrected chi connectivity index (χ2v) is 5.03. The molecule has 0 radical (unpaired) electrons. The second-order valence-electron chi connectivity index (χ2n) is 5.03. The molecule has 2 N–H and O–H groups in total. The molecule has 6 heteroatoms. The van der Waals surface area contributed by atoms with E-state index in [4.69, 9.17) is 4.74 Å². The number of rotatable bonds is 6. The summed E-state index contributed by atoms with van der Waals surface area (Å²) in [7, 11) is 0. The van der Waals surface area contributed by atoms with Gasteiger partial charge < -0.3 is 15.2 Å². The number of aliphatic hydroxyl groups excluding tert-OH is 1. The van der Waals surface area contributed by atoms with Crippen LogP contribution in [-0.2, 0) is 4.74 Å². The van der Waals surface area contributed by atoms with Crippen molar-refractivity contribution in [2.75, 3.05) is 18.5 Å². The van der Waals surface area contributed by atoms with E-state index >= 15 is 0 Å². The Bertz CT molecular complexity index is 427. The highest BCUT2D eigenvalue weighted by molar-refractivity contribution is 5.44. The fourth-order valence-electron chi connectivity index (χ4n) is 2.25. The second kappa shape index (κ2) is 6.95. The monoisotopic (exact) mass is 289 g/mol. The molecule has 20 heavy (non-hydrogen) atoms. The first-order valence-electron chi connectivity index (χ1n) is 6.74. The van der Waals surface area contributed by atoms with Gasteiger partial charge in [0.2, 0.25) is 0 Å². The first kappa shape index (κ1) is 15.1. The molecule has 0 saturated heterocycles. The highest BCUT2D eigenvalue weighted by atomic mass is 19.2. The molecule has 0 amide bonds. The van der Waals surface area contributed by atoms with Crippen molar-refractivity contribution in [1.82, 2.24) is 0 Å². The van der Waals surface area contributed by atoms with Gasteiger partial charge in [-0.15, -0.1) is 0 Å². The Morgan fingerprint density at radius 3 is 2.40 bits per heavy atom. The van der Waals surface area contributed by atoms with Crippen molar-refractivity contribution in [2.45, 2.75) is 37.9 Å². The summed E-state index contributed by atoms with van der Waals surface area (Å²) >= 11 is 0. The number of halogens is 3. The van der Waals surface area contributed by atoms with E-state index in [1.165, 1.54) is 0 Å². The van der Waals surface area contributed by atoms with Crippen molar-refractivity contribution >= 4 is 5.69 Å². The van der Waals surface area contributed by atoms with Crippen LogP contribution in [0.5, 0.6) is 0 Å². The van der Waals surface area contributed by atoms with E-state index in [-0.39, 0.29) is 24.9 Å². The van der Waals surface area contributed by atoms with E-state index in [0.29, 0.717) is 0 Å². The zero-order chi connectivity index (χ0) is 14.5. The van der Waals surface area contributed by atoms with Crippen molar-refractivity contribution in [3.63, 3.8) is 0 Å². The third-order valence-corrected chi connectivity index (χ3v) is 3.35. The Kier molecular flexibility index (Phi) is 5.25. The van der Waals surface area contributed by atoms with Crippen molar-refractivity contribution in [3.8, 4) is 0 Å². The average molecular weight is 289 g/mol. The van der Waals surface area contributed by atoms with Gasteiger partial charge in [-0.05, 0) is 12.8 Å². The Hall–Kier alpha value is -1.27. The summed E-state index contributed by atoms with van der Waals surface area (Å²) in [6.45, 7) is 0.251. The quantitative estimate of drug-likeness (QED) is 0.791. The molecule has 0 aliphatic heterocycles. The fourth-order valence-corrected chi connectivity index (χ4v) is 2.25. The van der Waals surface area contributed by atoms with E-state index in [1.807, 2.05) is 0 Å². The number of ether oxygens (including phenoxy) is 1. The minimum absolute atomic E-state index is 0.0806. The standard InChI is InChI=1S/C14H18F3NO2/c15-12-5-9(6-13(16)14(12)17)18-7-10(19)8-20-11-3-1-2-4-11/h5-6,10-11,18-19H,1-4,7-8H2. The highest BCUT2D eigenvalue weighted by Crippen LogP contribution is 2.21. The van der Waals surface area contributed by atoms with E-state index in [1.54, 1.807) is 0 Å². The summed E-state index contributed by atoms with van der Waals surface area (Å²) in [5, 5.41) is 12.4. The third-order valence-electron chi connectivity index (χ3n) is 3.35. The maximum Gasteiger partial charge on any atom is 0.194 e. The summed E-state index contributed by atoms with van der Waals surface area (Å²) in [5.41, 5.74) is 0.0846. The first-order chi connectivity index (χ1) is 9.56. The van der Waals surface area contributed by atoms with Crippen LogP contribution < -0.4 is 5.32 Å². The van der Waals surface area contributed by atoms with Crippen LogP contribution in [-0.4, -0.2) is 30.5 Å². The van der Waals surface area contributed by atoms with Gasteiger partial charge >= 0.3 is 0 Å². The SMILES string of the molecule is OC(CNc1cc(F)c(F)c(F)c1)COC1CCCC1. The number of anilines is 1. The maximum absolute atomic E-state index is 13.0. The van der Waals surface area contributed by atoms with E-state index < -0.39 is 23.6 Å². The first-order valence-corrected chi connectivity index (χ1v) is 6.74. The molecule has 0 heterocycles. The maximum atomic E-state index is 13.0. The van der Waals surface area contributed by atoms with Gasteiger partial charge in [0.05, 0.1) is 18.8 Å². The van der Waals surface area contributed by atoms with Gasteiger partial charge in [-0.3, -0.25) is 0 Å². The normalized spacial score (nSPS) is 17.4. The largest absolute Gasteiger partial charge is 0.389 e. The molecule has 1 saturated carbocycles. The zero-order valence-corrected chi connectivity index (χ0v) is 11.0. The molecule has 1 aliphatic rings. The molecule has 0 aromatic heterocycles. The Morgan fingerprint density at radius 2 is 1.80 bits per heavy atom. The van der Waals surface area contributed by atoms with E-state index in [9.17, 15) is 18.3 Å². The number of nitrogens with one attached hydrogen (secondary N) is 1. The zero-order valence-electron chi connectivity index (χ0n) is 11.0. The molecule has 0 bridgehead atoms. The predicted octanol–water partition coefficient (Wildman–Crippen LogP) is 2.84. The lowest BCUT2D eigenvalue weighted by atomic mass is 10.2. The molecule has 0 spiro atoms. The molecule has 2 rings (SSSR count). The van der Waals surface area contributed by atoms with Crippen LogP contribution in [0.4, 0.5) is 18.9 Å². The molecule has 1 atom stereocenters. The summed E-state index contributed by atoms with van der Waals surface area (Å²) in [6.07, 6.45) is 3.72. The number of benzene rings is 1. The lowest BCUT2D eigenvalue weighted by Gasteiger charge is -2.16. The molecular formula is C14H18F3NO2. The average Bonchev–Trinajstić information content (AvgIpc) is 2.93. The molecule has 1 aromatic rings. The molecule has 112 valence electrons. The molecule has 3 nitrogen and oxygen atoms in total. The molecule has 1 fully saturated rings. The Balaban J connectivity index is 1.76. The summed E-state index contributed by atoms with van der Waals surface area (Å²) in [5.74, 6) is -4.02. The number of aliphatic hydroxyl groups is 1. The minimum Gasteiger partial charge on any atom is -0.389 e. The summed E-state index contributed by atoms with van der Waals surface area (Å²) < 4.78 is 44.2. The van der Waals surface area contributed by atoms with Crippen LogP contribution in [0.2, 0.25) is 0 Å². The lowest BCUT2D eigenvalue weighted by Crippen LogP contribution is -2.27. The van der Waals surface area contributed by atoms with Crippen LogP contribution in [0.3, 0.4) is 0 Å². The smallest absolute Gasteiger partial charge is 0.194 e. The van der Waals surface area contributed by atoms with Crippen molar-refractivity contribution in [3.05, 3.63) is 29.6 Å². The molecule has 1 aliphatic carbocycles. The Morgan fingerprint density at radius 1 is 1.20 bits per heavy atom. The van der Waals surface area contributed by atoms with Crippen LogP contribution in [0, 0.1) is 17.5 Å². The number of hydrogen-bond acceptors (Lipinski definition) is 3. The summed E-state index contributed by atoms with van der Waals surface area (Å²) in [4.78, 5) is 0. The van der Waals surface area contributed by atoms with Gasteiger partial charge in [0.1, 0.15) is 0 Å².